The van der Waals surface area contributed by atoms with Crippen molar-refractivity contribution in [3.05, 3.63) is 0 Å². The van der Waals surface area contributed by atoms with Crippen LogP contribution in [0.3, 0.4) is 0 Å². The van der Waals surface area contributed by atoms with E-state index in [2.05, 4.69) is 12.6 Å². The Morgan fingerprint density at radius 1 is 1.06 bits per heavy atom. The number of ether oxygens (including phenoxy) is 1. The Morgan fingerprint density at radius 3 is 1.88 bits per heavy atom. The Hall–Kier alpha value is -0.910. The first-order valence-corrected chi connectivity index (χ1v) is 5.70. The summed E-state index contributed by atoms with van der Waals surface area (Å²) in [5.41, 5.74) is -0.479. The van der Waals surface area contributed by atoms with Crippen LogP contribution in [-0.4, -0.2) is 52.9 Å². The van der Waals surface area contributed by atoms with E-state index in [0.29, 0.717) is 26.2 Å². The number of thiol groups is 1. The minimum atomic E-state index is -0.479. The summed E-state index contributed by atoms with van der Waals surface area (Å²) in [6.07, 6.45) is -0.321. The molecule has 2 amide bonds. The van der Waals surface area contributed by atoms with Gasteiger partial charge in [-0.25, -0.2) is 4.79 Å². The molecule has 0 spiro atoms. The zero-order valence-corrected chi connectivity index (χ0v) is 10.8. The predicted octanol–water partition coefficient (Wildman–Crippen LogP) is 1.59. The molecule has 0 aromatic rings. The zero-order chi connectivity index (χ0) is 12.3. The fourth-order valence-electron chi connectivity index (χ4n) is 1.41. The molecule has 0 saturated carbocycles. The molecular weight excluding hydrogens is 228 g/mol. The third-order valence-corrected chi connectivity index (χ3v) is 2.48. The highest BCUT2D eigenvalue weighted by Gasteiger charge is 2.26. The molecule has 5 nitrogen and oxygen atoms in total. The zero-order valence-electron chi connectivity index (χ0n) is 9.89. The number of nitrogens with zero attached hydrogens (tertiary/aromatic N) is 2. The van der Waals surface area contributed by atoms with Gasteiger partial charge in [0.25, 0.3) is 5.24 Å². The van der Waals surface area contributed by atoms with Crippen LogP contribution in [-0.2, 0) is 4.74 Å². The minimum Gasteiger partial charge on any atom is -0.444 e. The maximum Gasteiger partial charge on any atom is 0.410 e. The molecule has 1 fully saturated rings. The van der Waals surface area contributed by atoms with Crippen LogP contribution in [0.4, 0.5) is 9.59 Å². The summed E-state index contributed by atoms with van der Waals surface area (Å²) in [7, 11) is 0. The van der Waals surface area contributed by atoms with E-state index in [4.69, 9.17) is 4.74 Å². The number of rotatable bonds is 0. The summed E-state index contributed by atoms with van der Waals surface area (Å²) < 4.78 is 5.24. The molecule has 0 aromatic heterocycles. The standard InChI is InChI=1S/C10H18N2O3S/c1-10(2,3)15-8(13)11-4-6-12(7-5-11)9(14)16/h4-7H2,1-3H3,(H,14,16). The van der Waals surface area contributed by atoms with Crippen LogP contribution in [0.2, 0.25) is 0 Å². The Bertz CT molecular complexity index is 280. The van der Waals surface area contributed by atoms with Crippen LogP contribution >= 0.6 is 12.6 Å². The molecule has 1 saturated heterocycles. The molecule has 16 heavy (non-hydrogen) atoms. The topological polar surface area (TPSA) is 49.9 Å². The lowest BCUT2D eigenvalue weighted by atomic mass is 10.2. The van der Waals surface area contributed by atoms with Crippen molar-refractivity contribution in [1.82, 2.24) is 9.80 Å². The van der Waals surface area contributed by atoms with E-state index in [9.17, 15) is 9.59 Å². The molecule has 1 rings (SSSR count). The summed E-state index contributed by atoms with van der Waals surface area (Å²) in [6, 6.07) is 0. The van der Waals surface area contributed by atoms with Crippen molar-refractivity contribution in [2.24, 2.45) is 0 Å². The van der Waals surface area contributed by atoms with Gasteiger partial charge in [0, 0.05) is 26.2 Å². The number of carbonyl (C=O) groups excluding carboxylic acids is 2. The molecule has 1 aliphatic rings. The summed E-state index contributed by atoms with van der Waals surface area (Å²) >= 11 is 3.74. The van der Waals surface area contributed by atoms with Crippen LogP contribution in [0.25, 0.3) is 0 Å². The second-order valence-electron chi connectivity index (χ2n) is 4.74. The molecule has 0 aromatic carbocycles. The Kier molecular flexibility index (Phi) is 4.07. The summed E-state index contributed by atoms with van der Waals surface area (Å²) in [6.45, 7) is 7.53. The number of carbonyl (C=O) groups is 2. The minimum absolute atomic E-state index is 0.246. The van der Waals surface area contributed by atoms with Gasteiger partial charge in [0.2, 0.25) is 0 Å². The van der Waals surface area contributed by atoms with Crippen molar-refractivity contribution in [2.75, 3.05) is 26.2 Å². The molecular formula is C10H18N2O3S. The van der Waals surface area contributed by atoms with E-state index in [1.807, 2.05) is 20.8 Å². The molecule has 0 bridgehead atoms. The van der Waals surface area contributed by atoms with Crippen molar-refractivity contribution < 1.29 is 14.3 Å². The van der Waals surface area contributed by atoms with Gasteiger partial charge in [-0.2, -0.15) is 0 Å². The summed E-state index contributed by atoms with van der Waals surface area (Å²) in [5.74, 6) is 0. The van der Waals surface area contributed by atoms with Gasteiger partial charge in [-0.15, -0.1) is 0 Å². The highest BCUT2D eigenvalue weighted by Crippen LogP contribution is 2.12. The van der Waals surface area contributed by atoms with Crippen molar-refractivity contribution >= 4 is 24.0 Å². The lowest BCUT2D eigenvalue weighted by Crippen LogP contribution is -2.50. The Morgan fingerprint density at radius 2 is 1.50 bits per heavy atom. The van der Waals surface area contributed by atoms with E-state index >= 15 is 0 Å². The first kappa shape index (κ1) is 13.2. The fraction of sp³-hybridized carbons (Fsp3) is 0.800. The number of hydrogen-bond donors (Lipinski definition) is 1. The van der Waals surface area contributed by atoms with Gasteiger partial charge < -0.3 is 14.5 Å². The number of amides is 2. The lowest BCUT2D eigenvalue weighted by molar-refractivity contribution is 0.0177. The first-order chi connectivity index (χ1) is 7.29. The van der Waals surface area contributed by atoms with Gasteiger partial charge in [-0.05, 0) is 20.8 Å². The predicted molar refractivity (Wildman–Crippen MR) is 63.8 cm³/mol. The van der Waals surface area contributed by atoms with Crippen LogP contribution < -0.4 is 0 Å². The maximum atomic E-state index is 11.7. The molecule has 6 heteroatoms. The Balaban J connectivity index is 2.42. The molecule has 0 aliphatic carbocycles. The maximum absolute atomic E-state index is 11.7. The SMILES string of the molecule is CC(C)(C)OC(=O)N1CCN(C(=O)S)CC1. The van der Waals surface area contributed by atoms with Crippen molar-refractivity contribution in [3.63, 3.8) is 0 Å². The molecule has 0 N–H and O–H groups in total. The smallest absolute Gasteiger partial charge is 0.410 e. The average molecular weight is 246 g/mol. The van der Waals surface area contributed by atoms with Crippen LogP contribution in [0.5, 0.6) is 0 Å². The first-order valence-electron chi connectivity index (χ1n) is 5.25. The van der Waals surface area contributed by atoms with E-state index in [1.165, 1.54) is 0 Å². The highest BCUT2D eigenvalue weighted by atomic mass is 32.1. The van der Waals surface area contributed by atoms with Gasteiger partial charge in [-0.1, -0.05) is 12.6 Å². The molecule has 1 aliphatic heterocycles. The van der Waals surface area contributed by atoms with Crippen molar-refractivity contribution in [2.45, 2.75) is 26.4 Å². The summed E-state index contributed by atoms with van der Waals surface area (Å²) in [4.78, 5) is 25.8. The molecule has 0 atom stereocenters. The normalized spacial score (nSPS) is 17.2. The third-order valence-electron chi connectivity index (χ3n) is 2.20. The van der Waals surface area contributed by atoms with Crippen LogP contribution in [0.15, 0.2) is 0 Å². The second-order valence-corrected chi connectivity index (χ2v) is 5.12. The fourth-order valence-corrected chi connectivity index (χ4v) is 1.61. The highest BCUT2D eigenvalue weighted by molar-refractivity contribution is 7.96. The van der Waals surface area contributed by atoms with Crippen molar-refractivity contribution in [1.29, 1.82) is 0 Å². The van der Waals surface area contributed by atoms with Gasteiger partial charge in [-0.3, -0.25) is 4.79 Å². The van der Waals surface area contributed by atoms with Gasteiger partial charge in [0.05, 0.1) is 0 Å². The molecule has 0 radical (unpaired) electrons. The Labute approximate surface area is 101 Å². The number of hydrogen-bond acceptors (Lipinski definition) is 3. The molecule has 0 unspecified atom stereocenters. The third kappa shape index (κ3) is 3.92. The molecule has 1 heterocycles. The van der Waals surface area contributed by atoms with E-state index < -0.39 is 5.60 Å². The van der Waals surface area contributed by atoms with Crippen LogP contribution in [0.1, 0.15) is 20.8 Å². The number of piperazine rings is 1. The van der Waals surface area contributed by atoms with Gasteiger partial charge >= 0.3 is 6.09 Å². The quantitative estimate of drug-likeness (QED) is 0.660. The van der Waals surface area contributed by atoms with Crippen LogP contribution in [0, 0.1) is 0 Å². The summed E-state index contributed by atoms with van der Waals surface area (Å²) in [5, 5.41) is -0.246. The monoisotopic (exact) mass is 246 g/mol. The molecule has 92 valence electrons. The average Bonchev–Trinajstić information content (AvgIpc) is 2.15. The van der Waals surface area contributed by atoms with E-state index in [1.54, 1.807) is 9.80 Å². The van der Waals surface area contributed by atoms with E-state index in [0.717, 1.165) is 0 Å². The lowest BCUT2D eigenvalue weighted by Gasteiger charge is -2.34. The van der Waals surface area contributed by atoms with E-state index in [-0.39, 0.29) is 11.3 Å². The van der Waals surface area contributed by atoms with Gasteiger partial charge in [0.1, 0.15) is 5.60 Å². The largest absolute Gasteiger partial charge is 0.444 e. The van der Waals surface area contributed by atoms with Crippen molar-refractivity contribution in [3.8, 4) is 0 Å². The van der Waals surface area contributed by atoms with Gasteiger partial charge in [0.15, 0.2) is 0 Å². The second kappa shape index (κ2) is 4.95.